The van der Waals surface area contributed by atoms with Gasteiger partial charge >= 0.3 is 0 Å². The van der Waals surface area contributed by atoms with Gasteiger partial charge in [0.2, 0.25) is 0 Å². The van der Waals surface area contributed by atoms with Crippen LogP contribution >= 0.6 is 15.9 Å². The summed E-state index contributed by atoms with van der Waals surface area (Å²) in [6.45, 7) is 2.87. The largest absolute Gasteiger partial charge is 0.273 e. The van der Waals surface area contributed by atoms with E-state index in [1.165, 1.54) is 0 Å². The van der Waals surface area contributed by atoms with E-state index >= 15 is 0 Å². The van der Waals surface area contributed by atoms with Crippen molar-refractivity contribution in [3.05, 3.63) is 58.5 Å². The standard InChI is InChI=1S/C15H16BrN5/c1-2-21-9-11(8-18-21)14(20-17)15-12(16)7-10-5-3-4-6-13(10)19-15/h3-9,14,20H,2,17H2,1H3. The fourth-order valence-corrected chi connectivity index (χ4v) is 2.91. The second kappa shape index (κ2) is 5.93. The molecule has 0 amide bonds. The second-order valence-corrected chi connectivity index (χ2v) is 5.63. The van der Waals surface area contributed by atoms with Crippen molar-refractivity contribution in [2.24, 2.45) is 5.84 Å². The molecule has 0 saturated carbocycles. The third kappa shape index (κ3) is 2.70. The molecule has 108 valence electrons. The van der Waals surface area contributed by atoms with Crippen LogP contribution in [0.25, 0.3) is 10.9 Å². The minimum Gasteiger partial charge on any atom is -0.273 e. The van der Waals surface area contributed by atoms with Gasteiger partial charge < -0.3 is 0 Å². The number of nitrogens with one attached hydrogen (secondary N) is 1. The first-order chi connectivity index (χ1) is 10.2. The van der Waals surface area contributed by atoms with E-state index < -0.39 is 0 Å². The summed E-state index contributed by atoms with van der Waals surface area (Å²) in [7, 11) is 0. The lowest BCUT2D eigenvalue weighted by molar-refractivity contribution is 0.616. The van der Waals surface area contributed by atoms with E-state index in [1.807, 2.05) is 48.3 Å². The van der Waals surface area contributed by atoms with Crippen LogP contribution in [0, 0.1) is 0 Å². The van der Waals surface area contributed by atoms with Gasteiger partial charge in [-0.3, -0.25) is 10.5 Å². The van der Waals surface area contributed by atoms with E-state index in [0.717, 1.165) is 33.2 Å². The minimum absolute atomic E-state index is 0.204. The maximum atomic E-state index is 5.75. The van der Waals surface area contributed by atoms with Crippen molar-refractivity contribution < 1.29 is 0 Å². The number of aromatic nitrogens is 3. The fourth-order valence-electron chi connectivity index (χ4n) is 2.34. The van der Waals surface area contributed by atoms with Crippen molar-refractivity contribution >= 4 is 26.8 Å². The van der Waals surface area contributed by atoms with Gasteiger partial charge in [-0.1, -0.05) is 18.2 Å². The van der Waals surface area contributed by atoms with Gasteiger partial charge in [-0.25, -0.2) is 10.4 Å². The van der Waals surface area contributed by atoms with E-state index in [0.29, 0.717) is 0 Å². The fraction of sp³-hybridized carbons (Fsp3) is 0.200. The molecule has 3 N–H and O–H groups in total. The minimum atomic E-state index is -0.204. The highest BCUT2D eigenvalue weighted by Gasteiger charge is 2.19. The Morgan fingerprint density at radius 1 is 1.38 bits per heavy atom. The summed E-state index contributed by atoms with van der Waals surface area (Å²) >= 11 is 3.59. The Kier molecular flexibility index (Phi) is 4.01. The van der Waals surface area contributed by atoms with Crippen molar-refractivity contribution in [3.8, 4) is 0 Å². The SMILES string of the molecule is CCn1cc(C(NN)c2nc3ccccc3cc2Br)cn1. The number of pyridine rings is 1. The normalized spacial score (nSPS) is 12.7. The van der Waals surface area contributed by atoms with Crippen LogP contribution in [0.2, 0.25) is 0 Å². The average Bonchev–Trinajstić information content (AvgIpc) is 2.97. The molecule has 1 atom stereocenters. The number of aryl methyl sites for hydroxylation is 1. The topological polar surface area (TPSA) is 68.8 Å². The Balaban J connectivity index is 2.09. The van der Waals surface area contributed by atoms with Crippen LogP contribution < -0.4 is 11.3 Å². The Morgan fingerprint density at radius 2 is 2.19 bits per heavy atom. The predicted octanol–water partition coefficient (Wildman–Crippen LogP) is 2.77. The molecule has 0 spiro atoms. The summed E-state index contributed by atoms with van der Waals surface area (Å²) in [5.41, 5.74) is 5.62. The van der Waals surface area contributed by atoms with Crippen molar-refractivity contribution in [3.63, 3.8) is 0 Å². The summed E-state index contributed by atoms with van der Waals surface area (Å²) < 4.78 is 2.79. The number of nitrogens with zero attached hydrogens (tertiary/aromatic N) is 3. The lowest BCUT2D eigenvalue weighted by atomic mass is 10.1. The Labute approximate surface area is 131 Å². The molecule has 2 heterocycles. The zero-order chi connectivity index (χ0) is 14.8. The molecule has 0 aliphatic heterocycles. The molecular weight excluding hydrogens is 330 g/mol. The summed E-state index contributed by atoms with van der Waals surface area (Å²) in [6.07, 6.45) is 3.80. The van der Waals surface area contributed by atoms with Gasteiger partial charge in [0, 0.05) is 28.2 Å². The highest BCUT2D eigenvalue weighted by molar-refractivity contribution is 9.10. The zero-order valence-electron chi connectivity index (χ0n) is 11.6. The molecule has 6 heteroatoms. The number of hydrazine groups is 1. The van der Waals surface area contributed by atoms with Gasteiger partial charge in [-0.05, 0) is 35.0 Å². The van der Waals surface area contributed by atoms with Gasteiger partial charge in [-0.15, -0.1) is 0 Å². The zero-order valence-corrected chi connectivity index (χ0v) is 13.2. The third-order valence-corrected chi connectivity index (χ3v) is 4.09. The van der Waals surface area contributed by atoms with Gasteiger partial charge in [0.05, 0.1) is 23.4 Å². The van der Waals surface area contributed by atoms with Crippen LogP contribution in [0.1, 0.15) is 24.2 Å². The third-order valence-electron chi connectivity index (χ3n) is 3.46. The molecule has 0 aliphatic carbocycles. The smallest absolute Gasteiger partial charge is 0.0923 e. The highest BCUT2D eigenvalue weighted by atomic mass is 79.9. The highest BCUT2D eigenvalue weighted by Crippen LogP contribution is 2.29. The van der Waals surface area contributed by atoms with Crippen LogP contribution in [0.4, 0.5) is 0 Å². The van der Waals surface area contributed by atoms with Crippen molar-refractivity contribution in [1.29, 1.82) is 0 Å². The number of para-hydroxylation sites is 1. The summed E-state index contributed by atoms with van der Waals surface area (Å²) in [5.74, 6) is 5.75. The molecule has 5 nitrogen and oxygen atoms in total. The molecule has 0 aliphatic rings. The van der Waals surface area contributed by atoms with Gasteiger partial charge in [0.1, 0.15) is 0 Å². The Hall–Kier alpha value is -1.76. The monoisotopic (exact) mass is 345 g/mol. The molecule has 21 heavy (non-hydrogen) atoms. The predicted molar refractivity (Wildman–Crippen MR) is 86.5 cm³/mol. The first-order valence-corrected chi connectivity index (χ1v) is 7.56. The summed E-state index contributed by atoms with van der Waals surface area (Å²) in [6, 6.07) is 9.87. The average molecular weight is 346 g/mol. The Morgan fingerprint density at radius 3 is 2.90 bits per heavy atom. The molecule has 3 rings (SSSR count). The van der Waals surface area contributed by atoms with Crippen molar-refractivity contribution in [2.45, 2.75) is 19.5 Å². The van der Waals surface area contributed by atoms with Crippen molar-refractivity contribution in [1.82, 2.24) is 20.2 Å². The van der Waals surface area contributed by atoms with E-state index in [9.17, 15) is 0 Å². The van der Waals surface area contributed by atoms with Crippen LogP contribution in [0.15, 0.2) is 47.2 Å². The van der Waals surface area contributed by atoms with E-state index in [4.69, 9.17) is 10.8 Å². The molecule has 2 aromatic heterocycles. The molecular formula is C15H16BrN5. The van der Waals surface area contributed by atoms with Crippen LogP contribution in [-0.2, 0) is 6.54 Å². The number of benzene rings is 1. The van der Waals surface area contributed by atoms with Crippen molar-refractivity contribution in [2.75, 3.05) is 0 Å². The number of nitrogens with two attached hydrogens (primary N) is 1. The van der Waals surface area contributed by atoms with Gasteiger partial charge in [-0.2, -0.15) is 5.10 Å². The number of fused-ring (bicyclic) bond motifs is 1. The molecule has 0 saturated heterocycles. The first-order valence-electron chi connectivity index (χ1n) is 6.76. The number of hydrogen-bond donors (Lipinski definition) is 2. The molecule has 0 fully saturated rings. The summed E-state index contributed by atoms with van der Waals surface area (Å²) in [4.78, 5) is 4.73. The maximum absolute atomic E-state index is 5.75. The van der Waals surface area contributed by atoms with Crippen LogP contribution in [0.3, 0.4) is 0 Å². The van der Waals surface area contributed by atoms with Gasteiger partial charge in [0.25, 0.3) is 0 Å². The first kappa shape index (κ1) is 14.2. The van der Waals surface area contributed by atoms with E-state index in [2.05, 4.69) is 32.5 Å². The lowest BCUT2D eigenvalue weighted by Crippen LogP contribution is -2.29. The lowest BCUT2D eigenvalue weighted by Gasteiger charge is -2.16. The molecule has 3 aromatic rings. The van der Waals surface area contributed by atoms with E-state index in [1.54, 1.807) is 0 Å². The number of rotatable bonds is 4. The molecule has 1 unspecified atom stereocenters. The van der Waals surface area contributed by atoms with Crippen LogP contribution in [-0.4, -0.2) is 14.8 Å². The number of hydrogen-bond acceptors (Lipinski definition) is 4. The molecule has 0 bridgehead atoms. The second-order valence-electron chi connectivity index (χ2n) is 4.78. The summed E-state index contributed by atoms with van der Waals surface area (Å²) in [5, 5.41) is 5.39. The number of halogens is 1. The van der Waals surface area contributed by atoms with Crippen LogP contribution in [0.5, 0.6) is 0 Å². The molecule has 1 aromatic carbocycles. The quantitative estimate of drug-likeness (QED) is 0.563. The molecule has 0 radical (unpaired) electrons. The van der Waals surface area contributed by atoms with E-state index in [-0.39, 0.29) is 6.04 Å². The Bertz CT molecular complexity index is 768. The maximum Gasteiger partial charge on any atom is 0.0923 e. The van der Waals surface area contributed by atoms with Gasteiger partial charge in [0.15, 0.2) is 0 Å².